The summed E-state index contributed by atoms with van der Waals surface area (Å²) >= 11 is 0. The molecule has 0 aliphatic rings. The molecule has 3 rings (SSSR count). The van der Waals surface area contributed by atoms with E-state index in [0.717, 1.165) is 43.2 Å². The number of carbonyl (C=O) groups excluding carboxylic acids is 4. The van der Waals surface area contributed by atoms with E-state index in [1.807, 2.05) is 60.7 Å². The summed E-state index contributed by atoms with van der Waals surface area (Å²) < 4.78 is 10.4. The van der Waals surface area contributed by atoms with Gasteiger partial charge in [0, 0.05) is 30.8 Å². The summed E-state index contributed by atoms with van der Waals surface area (Å²) in [5, 5.41) is 8.30. The van der Waals surface area contributed by atoms with Crippen molar-refractivity contribution in [1.82, 2.24) is 10.6 Å². The molecule has 3 aromatic rings. The Kier molecular flexibility index (Phi) is 14.1. The molecule has 9 nitrogen and oxygen atoms in total. The van der Waals surface area contributed by atoms with Crippen molar-refractivity contribution in [1.29, 1.82) is 0 Å². The van der Waals surface area contributed by atoms with Gasteiger partial charge in [-0.05, 0) is 42.2 Å². The standard InChI is InChI=1S/C33H39N3O6/c37-30(19-10-2-1-3-11-21-35-33(40)42-25-27-15-8-5-9-16-27)36-29-18-12-17-28(23-29)32(39)34-22-20-31(38)41-24-26-13-6-4-7-14-26/h4-9,12-18,23H,1-3,10-11,19-22,24-25H2,(H,34,39)(H,35,40)(H,36,37). The number of carbonyl (C=O) groups is 4. The third-order valence-corrected chi connectivity index (χ3v) is 6.33. The fraction of sp³-hybridized carbons (Fsp3) is 0.333. The van der Waals surface area contributed by atoms with Gasteiger partial charge in [0.15, 0.2) is 0 Å². The summed E-state index contributed by atoms with van der Waals surface area (Å²) in [6.07, 6.45) is 4.43. The van der Waals surface area contributed by atoms with Gasteiger partial charge in [-0.1, -0.05) is 86.0 Å². The first-order chi connectivity index (χ1) is 20.5. The van der Waals surface area contributed by atoms with E-state index in [2.05, 4.69) is 16.0 Å². The highest BCUT2D eigenvalue weighted by molar-refractivity contribution is 5.97. The summed E-state index contributed by atoms with van der Waals surface area (Å²) in [5.41, 5.74) is 2.78. The predicted octanol–water partition coefficient (Wildman–Crippen LogP) is 5.76. The lowest BCUT2D eigenvalue weighted by Crippen LogP contribution is -2.26. The van der Waals surface area contributed by atoms with Crippen LogP contribution in [0.4, 0.5) is 10.5 Å². The Morgan fingerprint density at radius 3 is 1.95 bits per heavy atom. The van der Waals surface area contributed by atoms with Gasteiger partial charge in [-0.15, -0.1) is 0 Å². The number of alkyl carbamates (subject to hydrolysis) is 1. The van der Waals surface area contributed by atoms with Gasteiger partial charge in [-0.3, -0.25) is 14.4 Å². The number of nitrogens with one attached hydrogen (secondary N) is 3. The maximum Gasteiger partial charge on any atom is 0.407 e. The topological polar surface area (TPSA) is 123 Å². The van der Waals surface area contributed by atoms with Gasteiger partial charge < -0.3 is 25.4 Å². The van der Waals surface area contributed by atoms with Gasteiger partial charge >= 0.3 is 12.1 Å². The third kappa shape index (κ3) is 13.1. The van der Waals surface area contributed by atoms with Crippen molar-refractivity contribution < 1.29 is 28.7 Å². The minimum atomic E-state index is -0.420. The first-order valence-electron chi connectivity index (χ1n) is 14.3. The molecule has 0 unspecified atom stereocenters. The Morgan fingerprint density at radius 1 is 0.595 bits per heavy atom. The Labute approximate surface area is 247 Å². The maximum absolute atomic E-state index is 12.5. The SMILES string of the molecule is O=C(CCCCCCCNC(=O)OCc1ccccc1)Nc1cccc(C(=O)NCCC(=O)OCc2ccccc2)c1. The second-order valence-corrected chi connectivity index (χ2v) is 9.79. The van der Waals surface area contributed by atoms with E-state index in [4.69, 9.17) is 9.47 Å². The number of benzene rings is 3. The molecule has 0 heterocycles. The van der Waals surface area contributed by atoms with Gasteiger partial charge in [0.2, 0.25) is 5.91 Å². The van der Waals surface area contributed by atoms with Gasteiger partial charge in [0.1, 0.15) is 13.2 Å². The zero-order chi connectivity index (χ0) is 29.8. The lowest BCUT2D eigenvalue weighted by Gasteiger charge is -2.09. The van der Waals surface area contributed by atoms with Crippen LogP contribution < -0.4 is 16.0 Å². The van der Waals surface area contributed by atoms with Gasteiger partial charge in [-0.2, -0.15) is 0 Å². The van der Waals surface area contributed by atoms with Crippen LogP contribution in [0.15, 0.2) is 84.9 Å². The molecule has 0 fully saturated rings. The van der Waals surface area contributed by atoms with E-state index < -0.39 is 12.1 Å². The molecule has 3 N–H and O–H groups in total. The van der Waals surface area contributed by atoms with Crippen molar-refractivity contribution in [3.63, 3.8) is 0 Å². The number of rotatable bonds is 17. The van der Waals surface area contributed by atoms with Crippen LogP contribution in [-0.2, 0) is 32.3 Å². The number of ether oxygens (including phenoxy) is 2. The molecule has 3 amide bonds. The highest BCUT2D eigenvalue weighted by Crippen LogP contribution is 2.13. The number of amides is 3. The Bertz CT molecular complexity index is 1270. The van der Waals surface area contributed by atoms with Gasteiger partial charge in [-0.25, -0.2) is 4.79 Å². The molecule has 9 heteroatoms. The fourth-order valence-electron chi connectivity index (χ4n) is 4.06. The summed E-state index contributed by atoms with van der Waals surface area (Å²) in [5.74, 6) is -0.839. The van der Waals surface area contributed by atoms with E-state index in [0.29, 0.717) is 24.2 Å². The smallest absolute Gasteiger partial charge is 0.407 e. The van der Waals surface area contributed by atoms with Crippen LogP contribution in [0.1, 0.15) is 66.4 Å². The van der Waals surface area contributed by atoms with Crippen LogP contribution in [0.3, 0.4) is 0 Å². The van der Waals surface area contributed by atoms with Crippen LogP contribution >= 0.6 is 0 Å². The normalized spacial score (nSPS) is 10.4. The van der Waals surface area contributed by atoms with Crippen LogP contribution in [0.25, 0.3) is 0 Å². The molecule has 222 valence electrons. The van der Waals surface area contributed by atoms with Gasteiger partial charge in [0.25, 0.3) is 5.91 Å². The number of unbranched alkanes of at least 4 members (excludes halogenated alkanes) is 4. The van der Waals surface area contributed by atoms with Crippen LogP contribution in [-0.4, -0.2) is 37.0 Å². The molecule has 0 bridgehead atoms. The zero-order valence-electron chi connectivity index (χ0n) is 23.8. The second-order valence-electron chi connectivity index (χ2n) is 9.79. The molecule has 0 spiro atoms. The molecule has 0 radical (unpaired) electrons. The molecule has 0 saturated carbocycles. The summed E-state index contributed by atoms with van der Waals surface area (Å²) in [7, 11) is 0. The number of esters is 1. The quantitative estimate of drug-likeness (QED) is 0.140. The molecular formula is C33H39N3O6. The van der Waals surface area contributed by atoms with Crippen molar-refractivity contribution in [3.05, 3.63) is 102 Å². The monoisotopic (exact) mass is 573 g/mol. The van der Waals surface area contributed by atoms with Crippen molar-refractivity contribution >= 4 is 29.6 Å². The summed E-state index contributed by atoms with van der Waals surface area (Å²) in [6.45, 7) is 1.15. The molecular weight excluding hydrogens is 534 g/mol. The molecule has 0 saturated heterocycles. The molecule has 0 aliphatic heterocycles. The molecule has 0 atom stereocenters. The Hall–Kier alpha value is -4.66. The largest absolute Gasteiger partial charge is 0.461 e. The highest BCUT2D eigenvalue weighted by Gasteiger charge is 2.10. The average Bonchev–Trinajstić information content (AvgIpc) is 3.01. The van der Waals surface area contributed by atoms with E-state index in [1.165, 1.54) is 0 Å². The lowest BCUT2D eigenvalue weighted by molar-refractivity contribution is -0.144. The number of anilines is 1. The zero-order valence-corrected chi connectivity index (χ0v) is 23.8. The first kappa shape index (κ1) is 31.9. The molecule has 0 aliphatic carbocycles. The van der Waals surface area contributed by atoms with Crippen LogP contribution in [0.5, 0.6) is 0 Å². The van der Waals surface area contributed by atoms with Crippen molar-refractivity contribution in [2.24, 2.45) is 0 Å². The molecule has 3 aromatic carbocycles. The number of hydrogen-bond donors (Lipinski definition) is 3. The number of hydrogen-bond acceptors (Lipinski definition) is 6. The Balaban J connectivity index is 1.21. The van der Waals surface area contributed by atoms with Crippen LogP contribution in [0, 0.1) is 0 Å². The first-order valence-corrected chi connectivity index (χ1v) is 14.3. The Morgan fingerprint density at radius 2 is 1.24 bits per heavy atom. The van der Waals surface area contributed by atoms with E-state index in [-0.39, 0.29) is 38.0 Å². The minimum Gasteiger partial charge on any atom is -0.461 e. The minimum absolute atomic E-state index is 0.0623. The second kappa shape index (κ2) is 18.6. The maximum atomic E-state index is 12.5. The fourth-order valence-corrected chi connectivity index (χ4v) is 4.06. The van der Waals surface area contributed by atoms with E-state index in [1.54, 1.807) is 24.3 Å². The van der Waals surface area contributed by atoms with Crippen molar-refractivity contribution in [2.45, 2.75) is 58.2 Å². The molecule has 0 aromatic heterocycles. The lowest BCUT2D eigenvalue weighted by atomic mass is 10.1. The van der Waals surface area contributed by atoms with Crippen LogP contribution in [0.2, 0.25) is 0 Å². The summed E-state index contributed by atoms with van der Waals surface area (Å²) in [6, 6.07) is 25.6. The van der Waals surface area contributed by atoms with Crippen molar-refractivity contribution in [3.8, 4) is 0 Å². The third-order valence-electron chi connectivity index (χ3n) is 6.33. The average molecular weight is 574 g/mol. The molecule has 42 heavy (non-hydrogen) atoms. The summed E-state index contributed by atoms with van der Waals surface area (Å²) in [4.78, 5) is 48.5. The van der Waals surface area contributed by atoms with Gasteiger partial charge in [0.05, 0.1) is 6.42 Å². The van der Waals surface area contributed by atoms with E-state index in [9.17, 15) is 19.2 Å². The van der Waals surface area contributed by atoms with Crippen molar-refractivity contribution in [2.75, 3.05) is 18.4 Å². The highest BCUT2D eigenvalue weighted by atomic mass is 16.5. The van der Waals surface area contributed by atoms with E-state index >= 15 is 0 Å². The predicted molar refractivity (Wildman–Crippen MR) is 161 cm³/mol.